The lowest BCUT2D eigenvalue weighted by Gasteiger charge is -1.97. The Morgan fingerprint density at radius 1 is 1.67 bits per heavy atom. The molecule has 0 bridgehead atoms. The van der Waals surface area contributed by atoms with Gasteiger partial charge >= 0.3 is 0 Å². The fourth-order valence-corrected chi connectivity index (χ4v) is 2.32. The van der Waals surface area contributed by atoms with Gasteiger partial charge < -0.3 is 9.12 Å². The molecule has 0 N–H and O–H groups in total. The van der Waals surface area contributed by atoms with Crippen LogP contribution < -0.4 is 0 Å². The maximum Gasteiger partial charge on any atom is 0.182 e. The molecule has 2 rings (SSSR count). The number of nitrogens with zero attached hydrogens (tertiary/aromatic N) is 1. The summed E-state index contributed by atoms with van der Waals surface area (Å²) in [4.78, 5) is 0. The molecule has 1 atom stereocenters. The quantitative estimate of drug-likeness (QED) is 0.489. The Bertz CT molecular complexity index is 200. The summed E-state index contributed by atoms with van der Waals surface area (Å²) in [7, 11) is 0. The van der Waals surface area contributed by atoms with Crippen molar-refractivity contribution in [3.8, 4) is 0 Å². The first-order valence-corrected chi connectivity index (χ1v) is 4.34. The van der Waals surface area contributed by atoms with Crippen LogP contribution in [0.3, 0.4) is 0 Å². The van der Waals surface area contributed by atoms with Crippen molar-refractivity contribution in [2.75, 3.05) is 0 Å². The lowest BCUT2D eigenvalue weighted by molar-refractivity contribution is 0.592. The standard InChI is InChI=1S/C6H7NOS/c8-9-4-6-2-1-3-7(6)5-9/h1-3H,4-5H2. The lowest BCUT2D eigenvalue weighted by atomic mass is 10.5. The van der Waals surface area contributed by atoms with Gasteiger partial charge in [0, 0.05) is 6.20 Å². The summed E-state index contributed by atoms with van der Waals surface area (Å²) in [5.41, 5.74) is 1.20. The summed E-state index contributed by atoms with van der Waals surface area (Å²) in [5, 5.41) is 0. The van der Waals surface area contributed by atoms with Crippen LogP contribution in [0.4, 0.5) is 0 Å². The van der Waals surface area contributed by atoms with E-state index < -0.39 is 11.2 Å². The van der Waals surface area contributed by atoms with Crippen molar-refractivity contribution in [3.05, 3.63) is 24.0 Å². The van der Waals surface area contributed by atoms with Gasteiger partial charge in [0.25, 0.3) is 0 Å². The van der Waals surface area contributed by atoms with Crippen LogP contribution >= 0.6 is 0 Å². The highest BCUT2D eigenvalue weighted by Gasteiger charge is 2.19. The molecule has 0 radical (unpaired) electrons. The highest BCUT2D eigenvalue weighted by Crippen LogP contribution is 2.17. The van der Waals surface area contributed by atoms with E-state index >= 15 is 0 Å². The third kappa shape index (κ3) is 0.767. The Balaban J connectivity index is 2.39. The average molecular weight is 141 g/mol. The Kier molecular flexibility index (Phi) is 1.07. The first kappa shape index (κ1) is 5.38. The van der Waals surface area contributed by atoms with E-state index in [9.17, 15) is 4.55 Å². The molecule has 48 valence electrons. The van der Waals surface area contributed by atoms with Gasteiger partial charge in [0.15, 0.2) is 5.88 Å². The Hall–Kier alpha value is -0.410. The SMILES string of the molecule is [O-][S+]1Cc2cccn2C1. The smallest absolute Gasteiger partial charge is 0.182 e. The van der Waals surface area contributed by atoms with Gasteiger partial charge in [0.2, 0.25) is 0 Å². The maximum absolute atomic E-state index is 10.9. The molecule has 0 saturated carbocycles. The number of rotatable bonds is 0. The van der Waals surface area contributed by atoms with E-state index in [1.807, 2.05) is 22.9 Å². The van der Waals surface area contributed by atoms with E-state index in [-0.39, 0.29) is 0 Å². The van der Waals surface area contributed by atoms with E-state index in [0.29, 0.717) is 5.88 Å². The molecule has 0 saturated heterocycles. The molecule has 1 aliphatic heterocycles. The van der Waals surface area contributed by atoms with Crippen molar-refractivity contribution in [1.82, 2.24) is 4.57 Å². The van der Waals surface area contributed by atoms with Gasteiger partial charge in [-0.3, -0.25) is 0 Å². The van der Waals surface area contributed by atoms with Crippen molar-refractivity contribution in [2.45, 2.75) is 11.6 Å². The summed E-state index contributed by atoms with van der Waals surface area (Å²) >= 11 is -0.625. The molecule has 0 aliphatic carbocycles. The van der Waals surface area contributed by atoms with Crippen LogP contribution in [-0.2, 0) is 22.8 Å². The Morgan fingerprint density at radius 3 is 3.33 bits per heavy atom. The minimum atomic E-state index is -0.625. The second-order valence-electron chi connectivity index (χ2n) is 2.18. The van der Waals surface area contributed by atoms with Crippen molar-refractivity contribution >= 4 is 11.2 Å². The summed E-state index contributed by atoms with van der Waals surface area (Å²) < 4.78 is 12.9. The van der Waals surface area contributed by atoms with Crippen molar-refractivity contribution in [1.29, 1.82) is 0 Å². The molecule has 2 nitrogen and oxygen atoms in total. The van der Waals surface area contributed by atoms with Crippen LogP contribution in [-0.4, -0.2) is 9.12 Å². The summed E-state index contributed by atoms with van der Waals surface area (Å²) in [6, 6.07) is 4.01. The van der Waals surface area contributed by atoms with Crippen LogP contribution in [0.15, 0.2) is 18.3 Å². The van der Waals surface area contributed by atoms with Gasteiger partial charge in [-0.05, 0) is 23.3 Å². The van der Waals surface area contributed by atoms with Gasteiger partial charge in [-0.25, -0.2) is 0 Å². The molecular formula is C6H7NOS. The van der Waals surface area contributed by atoms with E-state index in [1.54, 1.807) is 0 Å². The van der Waals surface area contributed by atoms with Gasteiger partial charge in [0.1, 0.15) is 5.75 Å². The fourth-order valence-electron chi connectivity index (χ4n) is 1.07. The van der Waals surface area contributed by atoms with Crippen LogP contribution in [0, 0.1) is 0 Å². The maximum atomic E-state index is 10.9. The third-order valence-corrected chi connectivity index (χ3v) is 2.70. The minimum Gasteiger partial charge on any atom is -0.615 e. The van der Waals surface area contributed by atoms with Gasteiger partial charge in [0.05, 0.1) is 5.69 Å². The highest BCUT2D eigenvalue weighted by atomic mass is 32.2. The first-order valence-electron chi connectivity index (χ1n) is 2.85. The van der Waals surface area contributed by atoms with Crippen molar-refractivity contribution in [3.63, 3.8) is 0 Å². The average Bonchev–Trinajstić information content (AvgIpc) is 2.22. The number of hydrogen-bond donors (Lipinski definition) is 0. The van der Waals surface area contributed by atoms with Crippen LogP contribution in [0.5, 0.6) is 0 Å². The third-order valence-electron chi connectivity index (χ3n) is 1.52. The first-order chi connectivity index (χ1) is 4.36. The molecule has 1 aromatic heterocycles. The van der Waals surface area contributed by atoms with E-state index in [1.165, 1.54) is 5.69 Å². The fraction of sp³-hybridized carbons (Fsp3) is 0.333. The van der Waals surface area contributed by atoms with Gasteiger partial charge in [-0.2, -0.15) is 0 Å². The molecule has 1 aromatic rings. The Labute approximate surface area is 56.7 Å². The van der Waals surface area contributed by atoms with Crippen LogP contribution in [0.1, 0.15) is 5.69 Å². The zero-order chi connectivity index (χ0) is 6.27. The van der Waals surface area contributed by atoms with Gasteiger partial charge in [-0.15, -0.1) is 0 Å². The lowest BCUT2D eigenvalue weighted by Crippen LogP contribution is -1.99. The molecule has 0 fully saturated rings. The zero-order valence-corrected chi connectivity index (χ0v) is 5.73. The predicted octanol–water partition coefficient (Wildman–Crippen LogP) is 0.708. The molecule has 1 unspecified atom stereocenters. The molecular weight excluding hydrogens is 134 g/mol. The largest absolute Gasteiger partial charge is 0.615 e. The predicted molar refractivity (Wildman–Crippen MR) is 36.3 cm³/mol. The topological polar surface area (TPSA) is 28.0 Å². The second kappa shape index (κ2) is 1.78. The number of fused-ring (bicyclic) bond motifs is 1. The molecule has 0 aromatic carbocycles. The van der Waals surface area contributed by atoms with Crippen LogP contribution in [0.2, 0.25) is 0 Å². The monoisotopic (exact) mass is 141 g/mol. The van der Waals surface area contributed by atoms with E-state index in [4.69, 9.17) is 0 Å². The summed E-state index contributed by atoms with van der Waals surface area (Å²) in [6.07, 6.45) is 1.97. The molecule has 1 aliphatic rings. The molecule has 0 spiro atoms. The van der Waals surface area contributed by atoms with Crippen LogP contribution in [0.25, 0.3) is 0 Å². The molecule has 3 heteroatoms. The summed E-state index contributed by atoms with van der Waals surface area (Å²) in [5.74, 6) is 1.44. The molecule has 0 amide bonds. The highest BCUT2D eigenvalue weighted by molar-refractivity contribution is 7.89. The van der Waals surface area contributed by atoms with Crippen molar-refractivity contribution < 1.29 is 4.55 Å². The number of hydrogen-bond acceptors (Lipinski definition) is 1. The Morgan fingerprint density at radius 2 is 2.56 bits per heavy atom. The van der Waals surface area contributed by atoms with Crippen molar-refractivity contribution in [2.24, 2.45) is 0 Å². The number of aromatic nitrogens is 1. The summed E-state index contributed by atoms with van der Waals surface area (Å²) in [6.45, 7) is 0. The molecule has 2 heterocycles. The zero-order valence-electron chi connectivity index (χ0n) is 4.91. The normalized spacial score (nSPS) is 24.3. The van der Waals surface area contributed by atoms with E-state index in [2.05, 4.69) is 0 Å². The second-order valence-corrected chi connectivity index (χ2v) is 3.61. The van der Waals surface area contributed by atoms with Gasteiger partial charge in [-0.1, -0.05) is 0 Å². The minimum absolute atomic E-state index is 0.625. The van der Waals surface area contributed by atoms with E-state index in [0.717, 1.165) is 5.75 Å². The molecule has 9 heavy (non-hydrogen) atoms.